The third kappa shape index (κ3) is 1.86. The zero-order valence-electron chi connectivity index (χ0n) is 10.8. The van der Waals surface area contributed by atoms with Crippen molar-refractivity contribution in [2.45, 2.75) is 24.6 Å². The number of aliphatic hydroxyl groups excluding tert-OH is 1. The number of nitrogens with zero attached hydrogens (tertiary/aromatic N) is 4. The molecule has 2 fully saturated rings. The lowest BCUT2D eigenvalue weighted by Crippen LogP contribution is -2.50. The SMILES string of the molecule is O=C1N[C@@H]2[C@H](CO1)C[C@@H](n1cnc3c(Cl)ncnc31)[C@@H]2O. The van der Waals surface area contributed by atoms with Gasteiger partial charge in [-0.2, -0.15) is 0 Å². The van der Waals surface area contributed by atoms with Crippen LogP contribution in [0.1, 0.15) is 12.5 Å². The maximum Gasteiger partial charge on any atom is 0.407 e. The third-order valence-corrected chi connectivity index (χ3v) is 4.48. The number of hydrogen-bond donors (Lipinski definition) is 2. The van der Waals surface area contributed by atoms with Gasteiger partial charge in [0.25, 0.3) is 0 Å². The monoisotopic (exact) mass is 309 g/mol. The molecule has 4 atom stereocenters. The van der Waals surface area contributed by atoms with E-state index in [-0.39, 0.29) is 23.2 Å². The molecule has 1 aliphatic heterocycles. The van der Waals surface area contributed by atoms with Crippen LogP contribution in [0.25, 0.3) is 11.2 Å². The summed E-state index contributed by atoms with van der Waals surface area (Å²) in [4.78, 5) is 23.6. The van der Waals surface area contributed by atoms with Crippen molar-refractivity contribution in [3.8, 4) is 0 Å². The van der Waals surface area contributed by atoms with Gasteiger partial charge in [-0.1, -0.05) is 11.6 Å². The largest absolute Gasteiger partial charge is 0.449 e. The van der Waals surface area contributed by atoms with Gasteiger partial charge < -0.3 is 19.7 Å². The highest BCUT2D eigenvalue weighted by molar-refractivity contribution is 6.33. The van der Waals surface area contributed by atoms with Crippen LogP contribution in [0.15, 0.2) is 12.7 Å². The molecule has 1 saturated carbocycles. The summed E-state index contributed by atoms with van der Waals surface area (Å²) >= 11 is 5.99. The molecule has 0 unspecified atom stereocenters. The molecule has 4 rings (SSSR count). The van der Waals surface area contributed by atoms with Gasteiger partial charge in [0.05, 0.1) is 31.1 Å². The van der Waals surface area contributed by atoms with E-state index in [2.05, 4.69) is 20.3 Å². The lowest BCUT2D eigenvalue weighted by molar-refractivity contribution is 0.0549. The Morgan fingerprint density at radius 1 is 1.43 bits per heavy atom. The van der Waals surface area contributed by atoms with Gasteiger partial charge in [-0.3, -0.25) is 0 Å². The number of imidazole rings is 1. The minimum absolute atomic E-state index is 0.0671. The van der Waals surface area contributed by atoms with Crippen LogP contribution >= 0.6 is 11.6 Å². The number of fused-ring (bicyclic) bond motifs is 2. The summed E-state index contributed by atoms with van der Waals surface area (Å²) in [5.74, 6) is 0.0671. The molecule has 2 aromatic rings. The first kappa shape index (κ1) is 12.8. The highest BCUT2D eigenvalue weighted by atomic mass is 35.5. The summed E-state index contributed by atoms with van der Waals surface area (Å²) in [6.07, 6.45) is 2.41. The van der Waals surface area contributed by atoms with Crippen molar-refractivity contribution in [3.05, 3.63) is 17.8 Å². The Labute approximate surface area is 124 Å². The van der Waals surface area contributed by atoms with Crippen LogP contribution in [0, 0.1) is 5.92 Å². The minimum atomic E-state index is -0.728. The molecule has 0 bridgehead atoms. The summed E-state index contributed by atoms with van der Waals surface area (Å²) in [5, 5.41) is 13.5. The molecule has 0 radical (unpaired) electrons. The van der Waals surface area contributed by atoms with Crippen molar-refractivity contribution in [1.82, 2.24) is 24.8 Å². The Balaban J connectivity index is 1.73. The molecule has 1 saturated heterocycles. The fourth-order valence-corrected chi connectivity index (χ4v) is 3.37. The fourth-order valence-electron chi connectivity index (χ4n) is 3.19. The average Bonchev–Trinajstić information content (AvgIpc) is 3.02. The minimum Gasteiger partial charge on any atom is -0.449 e. The predicted octanol–water partition coefficient (Wildman–Crippen LogP) is 0.510. The lowest BCUT2D eigenvalue weighted by Gasteiger charge is -2.27. The molecule has 110 valence electrons. The van der Waals surface area contributed by atoms with Crippen LogP contribution < -0.4 is 5.32 Å². The van der Waals surface area contributed by atoms with E-state index in [1.54, 1.807) is 10.9 Å². The summed E-state index contributed by atoms with van der Waals surface area (Å²) in [6.45, 7) is 0.312. The first-order valence-electron chi connectivity index (χ1n) is 6.59. The molecule has 9 heteroatoms. The quantitative estimate of drug-likeness (QED) is 0.744. The van der Waals surface area contributed by atoms with Gasteiger partial charge in [-0.15, -0.1) is 0 Å². The summed E-state index contributed by atoms with van der Waals surface area (Å²) in [6, 6.07) is -0.552. The second-order valence-electron chi connectivity index (χ2n) is 5.31. The topological polar surface area (TPSA) is 102 Å². The number of aliphatic hydroxyl groups is 1. The number of carbonyl (C=O) groups excluding carboxylic acids is 1. The van der Waals surface area contributed by atoms with Gasteiger partial charge in [-0.05, 0) is 6.42 Å². The van der Waals surface area contributed by atoms with Crippen LogP contribution in [0.5, 0.6) is 0 Å². The number of carbonyl (C=O) groups is 1. The van der Waals surface area contributed by atoms with Crippen LogP contribution in [0.3, 0.4) is 0 Å². The normalized spacial score (nSPS) is 31.8. The highest BCUT2D eigenvalue weighted by Crippen LogP contribution is 2.38. The average molecular weight is 310 g/mol. The molecule has 1 amide bonds. The molecule has 2 N–H and O–H groups in total. The maximum atomic E-state index is 11.3. The Bertz CT molecular complexity index is 720. The van der Waals surface area contributed by atoms with E-state index in [0.29, 0.717) is 24.2 Å². The Hall–Kier alpha value is -1.93. The molecule has 8 nitrogen and oxygen atoms in total. The van der Waals surface area contributed by atoms with Crippen molar-refractivity contribution in [1.29, 1.82) is 0 Å². The van der Waals surface area contributed by atoms with Crippen LogP contribution in [-0.2, 0) is 4.74 Å². The molecule has 1 aliphatic carbocycles. The van der Waals surface area contributed by atoms with E-state index in [1.807, 2.05) is 0 Å². The fraction of sp³-hybridized carbons (Fsp3) is 0.500. The van der Waals surface area contributed by atoms with E-state index in [4.69, 9.17) is 16.3 Å². The Kier molecular flexibility index (Phi) is 2.76. The summed E-state index contributed by atoms with van der Waals surface area (Å²) < 4.78 is 6.77. The van der Waals surface area contributed by atoms with Gasteiger partial charge in [-0.25, -0.2) is 19.7 Å². The number of halogens is 1. The number of hydrogen-bond acceptors (Lipinski definition) is 6. The molecule has 0 spiro atoms. The number of rotatable bonds is 1. The zero-order valence-corrected chi connectivity index (χ0v) is 11.6. The number of cyclic esters (lactones) is 1. The third-order valence-electron chi connectivity index (χ3n) is 4.20. The van der Waals surface area contributed by atoms with Crippen LogP contribution in [-0.4, -0.2) is 49.5 Å². The van der Waals surface area contributed by atoms with Crippen LogP contribution in [0.2, 0.25) is 5.15 Å². The van der Waals surface area contributed by atoms with E-state index >= 15 is 0 Å². The van der Waals surface area contributed by atoms with E-state index in [9.17, 15) is 9.90 Å². The first-order chi connectivity index (χ1) is 10.1. The van der Waals surface area contributed by atoms with Crippen molar-refractivity contribution in [2.75, 3.05) is 6.61 Å². The predicted molar refractivity (Wildman–Crippen MR) is 71.8 cm³/mol. The smallest absolute Gasteiger partial charge is 0.407 e. The second-order valence-corrected chi connectivity index (χ2v) is 5.67. The number of amides is 1. The van der Waals surface area contributed by atoms with Crippen molar-refractivity contribution in [3.63, 3.8) is 0 Å². The number of alkyl carbamates (subject to hydrolysis) is 1. The number of ether oxygens (including phenoxy) is 1. The van der Waals surface area contributed by atoms with Gasteiger partial charge in [0.1, 0.15) is 11.8 Å². The lowest BCUT2D eigenvalue weighted by atomic mass is 10.0. The molecule has 0 aromatic carbocycles. The molecule has 2 aliphatic rings. The van der Waals surface area contributed by atoms with Crippen LogP contribution in [0.4, 0.5) is 4.79 Å². The number of nitrogens with one attached hydrogen (secondary N) is 1. The first-order valence-corrected chi connectivity index (χ1v) is 6.97. The van der Waals surface area contributed by atoms with E-state index in [0.717, 1.165) is 0 Å². The second kappa shape index (κ2) is 4.54. The van der Waals surface area contributed by atoms with Crippen molar-refractivity contribution < 1.29 is 14.6 Å². The highest BCUT2D eigenvalue weighted by Gasteiger charge is 2.47. The van der Waals surface area contributed by atoms with Crippen molar-refractivity contribution >= 4 is 28.9 Å². The number of aromatic nitrogens is 4. The van der Waals surface area contributed by atoms with Gasteiger partial charge in [0.2, 0.25) is 0 Å². The van der Waals surface area contributed by atoms with E-state index < -0.39 is 12.2 Å². The zero-order chi connectivity index (χ0) is 14.6. The van der Waals surface area contributed by atoms with Gasteiger partial charge in [0.15, 0.2) is 10.8 Å². The van der Waals surface area contributed by atoms with Gasteiger partial charge >= 0.3 is 6.09 Å². The maximum absolute atomic E-state index is 11.3. The Morgan fingerprint density at radius 3 is 3.14 bits per heavy atom. The van der Waals surface area contributed by atoms with Gasteiger partial charge in [0, 0.05) is 5.92 Å². The molecular formula is C12H12ClN5O3. The standard InChI is InChI=1S/C12H12ClN5O3/c13-10-8-11(15-3-14-10)18(4-16-8)6-1-5-2-21-12(20)17-7(5)9(6)19/h3-7,9,19H,1-2H2,(H,17,20)/t5-,6+,7+,9-/m0/s1. The molecule has 21 heavy (non-hydrogen) atoms. The molecule has 2 aromatic heterocycles. The Morgan fingerprint density at radius 2 is 2.29 bits per heavy atom. The summed E-state index contributed by atoms with van der Waals surface area (Å²) in [5.41, 5.74) is 1.08. The van der Waals surface area contributed by atoms with Crippen molar-refractivity contribution in [2.24, 2.45) is 5.92 Å². The van der Waals surface area contributed by atoms with E-state index in [1.165, 1.54) is 6.33 Å². The summed E-state index contributed by atoms with van der Waals surface area (Å²) in [7, 11) is 0. The molecule has 3 heterocycles. The molecular weight excluding hydrogens is 298 g/mol.